The number of hydrogen-bond acceptors (Lipinski definition) is 3. The van der Waals surface area contributed by atoms with Crippen molar-refractivity contribution in [3.8, 4) is 0 Å². The van der Waals surface area contributed by atoms with Crippen LogP contribution in [0.4, 0.5) is 5.69 Å². The number of pyridine rings is 1. The molecule has 114 valence electrons. The third kappa shape index (κ3) is 3.11. The first-order valence-corrected chi connectivity index (χ1v) is 7.74. The van der Waals surface area contributed by atoms with Crippen molar-refractivity contribution in [2.24, 2.45) is 0 Å². The number of benzene rings is 1. The van der Waals surface area contributed by atoms with Gasteiger partial charge in [0.05, 0.1) is 5.56 Å². The molecule has 22 heavy (non-hydrogen) atoms. The Kier molecular flexibility index (Phi) is 4.37. The van der Waals surface area contributed by atoms with Crippen LogP contribution in [0.2, 0.25) is 0 Å². The fourth-order valence-electron chi connectivity index (χ4n) is 2.95. The van der Waals surface area contributed by atoms with Crippen molar-refractivity contribution >= 4 is 11.6 Å². The van der Waals surface area contributed by atoms with Gasteiger partial charge in [0.15, 0.2) is 0 Å². The molecule has 4 heteroatoms. The fraction of sp³-hybridized carbons (Fsp3) is 0.333. The predicted molar refractivity (Wildman–Crippen MR) is 87.9 cm³/mol. The second-order valence-electron chi connectivity index (χ2n) is 5.73. The largest absolute Gasteiger partial charge is 0.371 e. The Hall–Kier alpha value is -2.36. The van der Waals surface area contributed by atoms with Crippen LogP contribution < -0.4 is 4.90 Å². The van der Waals surface area contributed by atoms with Crippen molar-refractivity contribution in [3.05, 3.63) is 59.9 Å². The molecule has 0 atom stereocenters. The molecule has 0 N–H and O–H groups in total. The van der Waals surface area contributed by atoms with Gasteiger partial charge in [-0.25, -0.2) is 0 Å². The third-order valence-corrected chi connectivity index (χ3v) is 4.10. The summed E-state index contributed by atoms with van der Waals surface area (Å²) < 4.78 is 0. The zero-order valence-electron chi connectivity index (χ0n) is 12.9. The molecular formula is C18H21N3O. The lowest BCUT2D eigenvalue weighted by Crippen LogP contribution is -2.28. The van der Waals surface area contributed by atoms with E-state index >= 15 is 0 Å². The van der Waals surface area contributed by atoms with Crippen LogP contribution in [0, 0.1) is 0 Å². The Bertz CT molecular complexity index is 636. The van der Waals surface area contributed by atoms with Crippen LogP contribution in [0.1, 0.15) is 28.8 Å². The topological polar surface area (TPSA) is 36.4 Å². The van der Waals surface area contributed by atoms with Crippen LogP contribution >= 0.6 is 0 Å². The number of carbonyl (C=O) groups excluding carboxylic acids is 1. The molecule has 0 bridgehead atoms. The summed E-state index contributed by atoms with van der Waals surface area (Å²) in [4.78, 5) is 20.6. The number of amides is 1. The maximum atomic E-state index is 12.5. The standard InChI is InChI=1S/C18H21N3O/c1-20(18(22)15-8-6-10-19-13-15)14-16-7-2-3-9-17(16)21-11-4-5-12-21/h2-3,6-10,13H,4-5,11-12,14H2,1H3. The highest BCUT2D eigenvalue weighted by Gasteiger charge is 2.18. The lowest BCUT2D eigenvalue weighted by atomic mass is 10.1. The molecule has 0 saturated carbocycles. The van der Waals surface area contributed by atoms with E-state index in [1.54, 1.807) is 29.4 Å². The number of anilines is 1. The predicted octanol–water partition coefficient (Wildman–Crippen LogP) is 2.95. The molecular weight excluding hydrogens is 274 g/mol. The summed E-state index contributed by atoms with van der Waals surface area (Å²) in [6.45, 7) is 2.83. The summed E-state index contributed by atoms with van der Waals surface area (Å²) in [7, 11) is 1.84. The van der Waals surface area contributed by atoms with Crippen LogP contribution in [0.3, 0.4) is 0 Å². The normalized spacial score (nSPS) is 14.1. The minimum absolute atomic E-state index is 0.00400. The number of hydrogen-bond donors (Lipinski definition) is 0. The van der Waals surface area contributed by atoms with E-state index in [2.05, 4.69) is 28.1 Å². The van der Waals surface area contributed by atoms with Gasteiger partial charge in [-0.15, -0.1) is 0 Å². The molecule has 1 aromatic carbocycles. The highest BCUT2D eigenvalue weighted by Crippen LogP contribution is 2.25. The average Bonchev–Trinajstić information content (AvgIpc) is 3.10. The Morgan fingerprint density at radius 3 is 2.68 bits per heavy atom. The van der Waals surface area contributed by atoms with Crippen molar-refractivity contribution in [1.29, 1.82) is 0 Å². The molecule has 2 aromatic rings. The summed E-state index contributed by atoms with van der Waals surface area (Å²) in [5.74, 6) is 0.00400. The van der Waals surface area contributed by atoms with Crippen molar-refractivity contribution in [1.82, 2.24) is 9.88 Å². The van der Waals surface area contributed by atoms with Gasteiger partial charge in [0.2, 0.25) is 0 Å². The highest BCUT2D eigenvalue weighted by atomic mass is 16.2. The highest BCUT2D eigenvalue weighted by molar-refractivity contribution is 5.93. The number of rotatable bonds is 4. The van der Waals surface area contributed by atoms with Gasteiger partial charge >= 0.3 is 0 Å². The number of nitrogens with zero attached hydrogens (tertiary/aromatic N) is 3. The minimum Gasteiger partial charge on any atom is -0.371 e. The lowest BCUT2D eigenvalue weighted by Gasteiger charge is -2.24. The van der Waals surface area contributed by atoms with Crippen LogP contribution in [0.5, 0.6) is 0 Å². The summed E-state index contributed by atoms with van der Waals surface area (Å²) in [5, 5.41) is 0. The van der Waals surface area contributed by atoms with Gasteiger partial charge in [0.25, 0.3) is 5.91 Å². The summed E-state index contributed by atoms with van der Waals surface area (Å²) in [6, 6.07) is 12.0. The molecule has 0 spiro atoms. The van der Waals surface area contributed by atoms with Crippen molar-refractivity contribution in [3.63, 3.8) is 0 Å². The van der Waals surface area contributed by atoms with E-state index in [0.29, 0.717) is 12.1 Å². The van der Waals surface area contributed by atoms with E-state index in [4.69, 9.17) is 0 Å². The number of aromatic nitrogens is 1. The Labute approximate surface area is 131 Å². The van der Waals surface area contributed by atoms with E-state index in [0.717, 1.165) is 13.1 Å². The second kappa shape index (κ2) is 6.60. The first kappa shape index (κ1) is 14.6. The van der Waals surface area contributed by atoms with Gasteiger partial charge in [-0.1, -0.05) is 18.2 Å². The molecule has 1 aliphatic rings. The summed E-state index contributed by atoms with van der Waals surface area (Å²) >= 11 is 0. The van der Waals surface area contributed by atoms with E-state index in [1.807, 2.05) is 13.1 Å². The Balaban J connectivity index is 1.77. The molecule has 1 saturated heterocycles. The van der Waals surface area contributed by atoms with Crippen LogP contribution in [-0.4, -0.2) is 35.9 Å². The van der Waals surface area contributed by atoms with Crippen LogP contribution in [0.25, 0.3) is 0 Å². The van der Waals surface area contributed by atoms with Gasteiger partial charge in [-0.05, 0) is 36.6 Å². The molecule has 4 nitrogen and oxygen atoms in total. The Morgan fingerprint density at radius 2 is 1.95 bits per heavy atom. The fourth-order valence-corrected chi connectivity index (χ4v) is 2.95. The quantitative estimate of drug-likeness (QED) is 0.870. The molecule has 0 aliphatic carbocycles. The van der Waals surface area contributed by atoms with E-state index in [-0.39, 0.29) is 5.91 Å². The van der Waals surface area contributed by atoms with Crippen molar-refractivity contribution in [2.45, 2.75) is 19.4 Å². The maximum absolute atomic E-state index is 12.5. The minimum atomic E-state index is 0.00400. The van der Waals surface area contributed by atoms with Gasteiger partial charge < -0.3 is 9.80 Å². The Morgan fingerprint density at radius 1 is 1.18 bits per heavy atom. The lowest BCUT2D eigenvalue weighted by molar-refractivity contribution is 0.0785. The van der Waals surface area contributed by atoms with Crippen LogP contribution in [-0.2, 0) is 6.54 Å². The van der Waals surface area contributed by atoms with E-state index in [1.165, 1.54) is 24.1 Å². The summed E-state index contributed by atoms with van der Waals surface area (Å²) in [5.41, 5.74) is 3.08. The zero-order valence-corrected chi connectivity index (χ0v) is 12.9. The molecule has 0 unspecified atom stereocenters. The average molecular weight is 295 g/mol. The van der Waals surface area contributed by atoms with E-state index < -0.39 is 0 Å². The molecule has 1 fully saturated rings. The maximum Gasteiger partial charge on any atom is 0.255 e. The SMILES string of the molecule is CN(Cc1ccccc1N1CCCC1)C(=O)c1cccnc1. The molecule has 1 aromatic heterocycles. The molecule has 2 heterocycles. The van der Waals surface area contributed by atoms with Crippen molar-refractivity contribution in [2.75, 3.05) is 25.0 Å². The van der Waals surface area contributed by atoms with Gasteiger partial charge in [0.1, 0.15) is 0 Å². The zero-order chi connectivity index (χ0) is 15.4. The van der Waals surface area contributed by atoms with Gasteiger partial charge in [-0.3, -0.25) is 9.78 Å². The number of para-hydroxylation sites is 1. The monoisotopic (exact) mass is 295 g/mol. The molecule has 3 rings (SSSR count). The molecule has 1 amide bonds. The van der Waals surface area contributed by atoms with Crippen molar-refractivity contribution < 1.29 is 4.79 Å². The van der Waals surface area contributed by atoms with Gasteiger partial charge in [0, 0.05) is 44.8 Å². The summed E-state index contributed by atoms with van der Waals surface area (Å²) in [6.07, 6.45) is 5.79. The molecule has 0 radical (unpaired) electrons. The van der Waals surface area contributed by atoms with Gasteiger partial charge in [-0.2, -0.15) is 0 Å². The first-order valence-electron chi connectivity index (χ1n) is 7.74. The van der Waals surface area contributed by atoms with Crippen LogP contribution in [0.15, 0.2) is 48.8 Å². The number of carbonyl (C=O) groups is 1. The first-order chi connectivity index (χ1) is 10.8. The third-order valence-electron chi connectivity index (χ3n) is 4.10. The smallest absolute Gasteiger partial charge is 0.255 e. The van der Waals surface area contributed by atoms with E-state index in [9.17, 15) is 4.79 Å². The molecule has 1 aliphatic heterocycles. The second-order valence-corrected chi connectivity index (χ2v) is 5.73.